The molecule has 0 fully saturated rings. The Bertz CT molecular complexity index is 596. The number of benzene rings is 2. The number of aryl methyl sites for hydroxylation is 2. The summed E-state index contributed by atoms with van der Waals surface area (Å²) in [7, 11) is 0. The molecule has 0 aliphatic rings. The van der Waals surface area contributed by atoms with Crippen LogP contribution < -0.4 is 0 Å². The van der Waals surface area contributed by atoms with Gasteiger partial charge in [-0.25, -0.2) is 0 Å². The van der Waals surface area contributed by atoms with Crippen LogP contribution in [-0.4, -0.2) is 22.0 Å². The highest BCUT2D eigenvalue weighted by Gasteiger charge is 2.37. The Balaban J connectivity index is 2.76. The third-order valence-electron chi connectivity index (χ3n) is 3.79. The molecule has 112 valence electrons. The molecule has 0 spiro atoms. The standard InChI is InChI=1S/C17H18Cl2O2/c1-11-3-5-15(20)13(7-11)17(9-18,10-19)14-8-12(2)4-6-16(14)21/h3-8,20-21H,9-10H2,1-2H3. The summed E-state index contributed by atoms with van der Waals surface area (Å²) in [5, 5.41) is 20.5. The van der Waals surface area contributed by atoms with E-state index in [2.05, 4.69) is 0 Å². The maximum atomic E-state index is 10.3. The number of hydrogen-bond donors (Lipinski definition) is 2. The van der Waals surface area contributed by atoms with Crippen molar-refractivity contribution in [3.63, 3.8) is 0 Å². The van der Waals surface area contributed by atoms with Crippen molar-refractivity contribution < 1.29 is 10.2 Å². The molecule has 0 saturated carbocycles. The van der Waals surface area contributed by atoms with Crippen LogP contribution in [0.1, 0.15) is 22.3 Å². The van der Waals surface area contributed by atoms with E-state index in [4.69, 9.17) is 23.2 Å². The van der Waals surface area contributed by atoms with E-state index in [9.17, 15) is 10.2 Å². The molecule has 0 bridgehead atoms. The first-order valence-corrected chi connectivity index (χ1v) is 7.73. The van der Waals surface area contributed by atoms with E-state index in [0.717, 1.165) is 11.1 Å². The molecule has 0 unspecified atom stereocenters. The first kappa shape index (κ1) is 16.0. The van der Waals surface area contributed by atoms with Crippen molar-refractivity contribution >= 4 is 23.2 Å². The monoisotopic (exact) mass is 324 g/mol. The van der Waals surface area contributed by atoms with Crippen molar-refractivity contribution in [2.75, 3.05) is 11.8 Å². The Labute approximate surface area is 135 Å². The van der Waals surface area contributed by atoms with Gasteiger partial charge in [-0.1, -0.05) is 35.4 Å². The maximum Gasteiger partial charge on any atom is 0.119 e. The normalized spacial score (nSPS) is 11.6. The van der Waals surface area contributed by atoms with Crippen LogP contribution in [0.2, 0.25) is 0 Å². The van der Waals surface area contributed by atoms with Gasteiger partial charge in [-0.2, -0.15) is 0 Å². The lowest BCUT2D eigenvalue weighted by Crippen LogP contribution is -2.32. The molecule has 0 aromatic heterocycles. The molecule has 21 heavy (non-hydrogen) atoms. The van der Waals surface area contributed by atoms with Crippen LogP contribution in [-0.2, 0) is 5.41 Å². The molecule has 0 radical (unpaired) electrons. The molecular weight excluding hydrogens is 307 g/mol. The summed E-state index contributed by atoms with van der Waals surface area (Å²) in [5.41, 5.74) is 2.42. The van der Waals surface area contributed by atoms with Crippen LogP contribution in [0.15, 0.2) is 36.4 Å². The summed E-state index contributed by atoms with van der Waals surface area (Å²) in [4.78, 5) is 0. The molecular formula is C17H18Cl2O2. The third kappa shape index (κ3) is 2.83. The highest BCUT2D eigenvalue weighted by molar-refractivity contribution is 6.22. The lowest BCUT2D eigenvalue weighted by Gasteiger charge is -2.32. The molecule has 0 aliphatic carbocycles. The zero-order valence-electron chi connectivity index (χ0n) is 12.0. The minimum atomic E-state index is -0.838. The van der Waals surface area contributed by atoms with Crippen molar-refractivity contribution in [3.05, 3.63) is 58.7 Å². The quantitative estimate of drug-likeness (QED) is 0.814. The first-order valence-electron chi connectivity index (χ1n) is 6.66. The summed E-state index contributed by atoms with van der Waals surface area (Å²) >= 11 is 12.5. The number of phenolic OH excluding ortho intramolecular Hbond substituents is 2. The average molecular weight is 325 g/mol. The second-order valence-corrected chi connectivity index (χ2v) is 5.93. The van der Waals surface area contributed by atoms with Crippen molar-refractivity contribution in [2.45, 2.75) is 19.3 Å². The summed E-state index contributed by atoms with van der Waals surface area (Å²) in [6.07, 6.45) is 0. The third-order valence-corrected chi connectivity index (χ3v) is 4.70. The van der Waals surface area contributed by atoms with Crippen LogP contribution in [0.4, 0.5) is 0 Å². The molecule has 0 saturated heterocycles. The lowest BCUT2D eigenvalue weighted by molar-refractivity contribution is 0.437. The molecule has 2 rings (SSSR count). The van der Waals surface area contributed by atoms with Gasteiger partial charge in [-0.05, 0) is 26.0 Å². The molecule has 2 nitrogen and oxygen atoms in total. The van der Waals surface area contributed by atoms with E-state index in [-0.39, 0.29) is 23.3 Å². The number of phenols is 2. The van der Waals surface area contributed by atoms with Crippen molar-refractivity contribution in [1.82, 2.24) is 0 Å². The Morgan fingerprint density at radius 3 is 1.52 bits per heavy atom. The molecule has 0 heterocycles. The van der Waals surface area contributed by atoms with Gasteiger partial charge in [0.2, 0.25) is 0 Å². The van der Waals surface area contributed by atoms with Gasteiger partial charge in [-0.3, -0.25) is 0 Å². The van der Waals surface area contributed by atoms with Gasteiger partial charge in [0.15, 0.2) is 0 Å². The van der Waals surface area contributed by atoms with Crippen LogP contribution in [0.3, 0.4) is 0 Å². The van der Waals surface area contributed by atoms with Crippen LogP contribution in [0.5, 0.6) is 11.5 Å². The van der Waals surface area contributed by atoms with Gasteiger partial charge in [0.25, 0.3) is 0 Å². The Morgan fingerprint density at radius 1 is 0.810 bits per heavy atom. The van der Waals surface area contributed by atoms with Crippen molar-refractivity contribution in [3.8, 4) is 11.5 Å². The maximum absolute atomic E-state index is 10.3. The first-order chi connectivity index (χ1) is 9.94. The van der Waals surface area contributed by atoms with Crippen molar-refractivity contribution in [1.29, 1.82) is 0 Å². The largest absolute Gasteiger partial charge is 0.508 e. The van der Waals surface area contributed by atoms with Crippen LogP contribution >= 0.6 is 23.2 Å². The van der Waals surface area contributed by atoms with Crippen LogP contribution in [0.25, 0.3) is 0 Å². The van der Waals surface area contributed by atoms with Gasteiger partial charge in [0, 0.05) is 22.9 Å². The van der Waals surface area contributed by atoms with Gasteiger partial charge in [0.1, 0.15) is 11.5 Å². The average Bonchev–Trinajstić information content (AvgIpc) is 2.48. The highest BCUT2D eigenvalue weighted by atomic mass is 35.5. The number of halogens is 2. The number of aromatic hydroxyl groups is 2. The number of alkyl halides is 2. The van der Waals surface area contributed by atoms with E-state index >= 15 is 0 Å². The van der Waals surface area contributed by atoms with E-state index in [0.29, 0.717) is 11.1 Å². The summed E-state index contributed by atoms with van der Waals surface area (Å²) in [6, 6.07) is 10.6. The zero-order valence-corrected chi connectivity index (χ0v) is 13.5. The Kier molecular flexibility index (Phi) is 4.70. The second kappa shape index (κ2) is 6.17. The van der Waals surface area contributed by atoms with Gasteiger partial charge in [-0.15, -0.1) is 23.2 Å². The molecule has 4 heteroatoms. The second-order valence-electron chi connectivity index (χ2n) is 5.39. The molecule has 0 atom stereocenters. The Morgan fingerprint density at radius 2 is 1.19 bits per heavy atom. The van der Waals surface area contributed by atoms with E-state index < -0.39 is 5.41 Å². The SMILES string of the molecule is Cc1ccc(O)c(C(CCl)(CCl)c2cc(C)ccc2O)c1. The van der Waals surface area contributed by atoms with Gasteiger partial charge in [0.05, 0.1) is 5.41 Å². The predicted octanol–water partition coefficient (Wildman–Crippen LogP) is 4.48. The van der Waals surface area contributed by atoms with E-state index in [1.54, 1.807) is 12.1 Å². The summed E-state index contributed by atoms with van der Waals surface area (Å²) in [6.45, 7) is 3.87. The zero-order chi connectivity index (χ0) is 15.6. The number of rotatable bonds is 4. The van der Waals surface area contributed by atoms with Gasteiger partial charge < -0.3 is 10.2 Å². The van der Waals surface area contributed by atoms with Gasteiger partial charge >= 0.3 is 0 Å². The lowest BCUT2D eigenvalue weighted by atomic mass is 9.76. The summed E-state index contributed by atoms with van der Waals surface area (Å²) in [5.74, 6) is 0.570. The molecule has 2 aromatic rings. The van der Waals surface area contributed by atoms with E-state index in [1.807, 2.05) is 38.1 Å². The topological polar surface area (TPSA) is 40.5 Å². The fraction of sp³-hybridized carbons (Fsp3) is 0.294. The smallest absolute Gasteiger partial charge is 0.119 e. The predicted molar refractivity (Wildman–Crippen MR) is 87.9 cm³/mol. The summed E-state index contributed by atoms with van der Waals surface area (Å²) < 4.78 is 0. The van der Waals surface area contributed by atoms with E-state index in [1.165, 1.54) is 0 Å². The minimum absolute atomic E-state index is 0.128. The molecule has 0 aliphatic heterocycles. The van der Waals surface area contributed by atoms with Crippen molar-refractivity contribution in [2.24, 2.45) is 0 Å². The molecule has 2 N–H and O–H groups in total. The molecule has 2 aromatic carbocycles. The minimum Gasteiger partial charge on any atom is -0.508 e. The fourth-order valence-electron chi connectivity index (χ4n) is 2.54. The van der Waals surface area contributed by atoms with Crippen LogP contribution in [0, 0.1) is 13.8 Å². The fourth-order valence-corrected chi connectivity index (χ4v) is 3.40. The molecule has 0 amide bonds. The number of hydrogen-bond acceptors (Lipinski definition) is 2. The Hall–Kier alpha value is -1.38. The highest BCUT2D eigenvalue weighted by Crippen LogP contribution is 2.43.